The number of piperidine rings is 1. The predicted molar refractivity (Wildman–Crippen MR) is 164 cm³/mol. The van der Waals surface area contributed by atoms with Crippen LogP contribution in [0.25, 0.3) is 21.1 Å². The van der Waals surface area contributed by atoms with E-state index in [1.807, 2.05) is 0 Å². The summed E-state index contributed by atoms with van der Waals surface area (Å²) in [7, 11) is 0. The third kappa shape index (κ3) is 4.78. The number of ether oxygens (including phenoxy) is 2. The van der Waals surface area contributed by atoms with E-state index in [4.69, 9.17) is 30.8 Å². The maximum Gasteiger partial charge on any atom is 0.319 e. The number of aromatic nitrogens is 3. The number of terminal acetylenes is 1. The number of alkyl halides is 1. The monoisotopic (exact) mass is 618 g/mol. The third-order valence-electron chi connectivity index (χ3n) is 9.63. The number of nitrogens with one attached hydrogen (secondary N) is 1. The van der Waals surface area contributed by atoms with Crippen LogP contribution in [-0.4, -0.2) is 82.0 Å². The minimum absolute atomic E-state index is 0.0464. The first-order valence-electron chi connectivity index (χ1n) is 15.2. The quantitative estimate of drug-likeness (QED) is 0.290. The minimum atomic E-state index is -0.851. The number of rotatable bonds is 6. The summed E-state index contributed by atoms with van der Waals surface area (Å²) in [6.45, 7) is 4.21. The van der Waals surface area contributed by atoms with Crippen LogP contribution in [0.5, 0.6) is 22.7 Å². The molecule has 12 heteroatoms. The topological polar surface area (TPSA) is 95.9 Å². The number of anilines is 1. The lowest BCUT2D eigenvalue weighted by Gasteiger charge is -2.31. The largest absolute Gasteiger partial charge is 0.508 e. The van der Waals surface area contributed by atoms with Crippen molar-refractivity contribution in [1.82, 2.24) is 25.2 Å². The van der Waals surface area contributed by atoms with Gasteiger partial charge in [-0.05, 0) is 62.2 Å². The molecule has 0 unspecified atom stereocenters. The first-order chi connectivity index (χ1) is 21.4. The maximum atomic E-state index is 14.7. The Hall–Kier alpha value is -3.79. The van der Waals surface area contributed by atoms with Gasteiger partial charge in [0.1, 0.15) is 35.6 Å². The smallest absolute Gasteiger partial charge is 0.319 e. The number of phenols is 1. The Labute approximate surface area is 257 Å². The van der Waals surface area contributed by atoms with Crippen molar-refractivity contribution in [2.45, 2.75) is 49.9 Å². The van der Waals surface area contributed by atoms with E-state index in [1.54, 1.807) is 6.07 Å². The molecule has 5 saturated heterocycles. The molecule has 5 fully saturated rings. The number of hydrogen-bond acceptors (Lipinski definition) is 10. The van der Waals surface area contributed by atoms with Gasteiger partial charge < -0.3 is 24.8 Å². The summed E-state index contributed by atoms with van der Waals surface area (Å²) in [4.78, 5) is 19.5. The van der Waals surface area contributed by atoms with Crippen LogP contribution in [0, 0.1) is 24.1 Å². The van der Waals surface area contributed by atoms with Crippen molar-refractivity contribution in [3.63, 3.8) is 0 Å². The van der Waals surface area contributed by atoms with Gasteiger partial charge in [0, 0.05) is 43.5 Å². The van der Waals surface area contributed by atoms with E-state index in [0.29, 0.717) is 58.5 Å². The lowest BCUT2D eigenvalue weighted by molar-refractivity contribution is 0.107. The van der Waals surface area contributed by atoms with E-state index < -0.39 is 12.0 Å². The molecule has 9 rings (SSSR count). The molecule has 228 valence electrons. The fraction of sp³-hybridized carbons (Fsp3) is 0.469. The molecule has 4 aromatic rings. The fourth-order valence-corrected chi connectivity index (χ4v) is 8.35. The Morgan fingerprint density at radius 2 is 2.09 bits per heavy atom. The number of phenolic OH excluding ortho intramolecular Hbond substituents is 1. The molecule has 2 N–H and O–H groups in total. The minimum Gasteiger partial charge on any atom is -0.508 e. The average molecular weight is 619 g/mol. The molecule has 9 nitrogen and oxygen atoms in total. The summed E-state index contributed by atoms with van der Waals surface area (Å²) in [6.07, 6.45) is 9.44. The van der Waals surface area contributed by atoms with Crippen molar-refractivity contribution in [3.8, 4) is 35.0 Å². The molecule has 7 heterocycles. The zero-order valence-corrected chi connectivity index (χ0v) is 24.9. The van der Waals surface area contributed by atoms with E-state index in [2.05, 4.69) is 21.0 Å². The fourth-order valence-electron chi connectivity index (χ4n) is 7.56. The van der Waals surface area contributed by atoms with E-state index in [-0.39, 0.29) is 33.8 Å². The SMILES string of the molecule is C#Cc1c(F)ccc2cc(O)cc(Oc3nc4c(N5C[C@@H]6CC[C@H](C5)NC6)nc(OC[C@@]56CCCN5C[C@H](F)C6)nc4s3)c12. The number of thiazole rings is 1. The van der Waals surface area contributed by atoms with Gasteiger partial charge in [-0.15, -0.1) is 6.42 Å². The summed E-state index contributed by atoms with van der Waals surface area (Å²) in [5.74, 6) is 3.16. The Morgan fingerprint density at radius 1 is 1.18 bits per heavy atom. The van der Waals surface area contributed by atoms with Gasteiger partial charge in [0.25, 0.3) is 5.19 Å². The number of aromatic hydroxyl groups is 1. The van der Waals surface area contributed by atoms with Gasteiger partial charge >= 0.3 is 6.01 Å². The van der Waals surface area contributed by atoms with E-state index in [0.717, 1.165) is 51.9 Å². The van der Waals surface area contributed by atoms with Crippen molar-refractivity contribution < 1.29 is 23.4 Å². The average Bonchev–Trinajstić information content (AvgIpc) is 3.57. The maximum absolute atomic E-state index is 14.7. The molecular formula is C32H32F2N6O3S. The number of halogens is 2. The van der Waals surface area contributed by atoms with E-state index in [1.165, 1.54) is 29.5 Å². The number of fused-ring (bicyclic) bond motifs is 7. The Bertz CT molecular complexity index is 1790. The Kier molecular flexibility index (Phi) is 6.73. The first-order valence-corrected chi connectivity index (χ1v) is 16.0. The molecule has 2 bridgehead atoms. The van der Waals surface area contributed by atoms with Gasteiger partial charge in [-0.2, -0.15) is 15.0 Å². The van der Waals surface area contributed by atoms with Crippen LogP contribution in [0.15, 0.2) is 24.3 Å². The van der Waals surface area contributed by atoms with Gasteiger partial charge in [0.15, 0.2) is 10.6 Å². The highest BCUT2D eigenvalue weighted by Crippen LogP contribution is 2.43. The second kappa shape index (κ2) is 10.7. The summed E-state index contributed by atoms with van der Waals surface area (Å²) in [5.41, 5.74) is 0.299. The van der Waals surface area contributed by atoms with Crippen molar-refractivity contribution in [2.24, 2.45) is 5.92 Å². The van der Waals surface area contributed by atoms with Crippen LogP contribution >= 0.6 is 11.3 Å². The molecule has 2 aromatic heterocycles. The van der Waals surface area contributed by atoms with Crippen LogP contribution in [0.1, 0.15) is 37.7 Å². The molecule has 4 atom stereocenters. The number of benzene rings is 2. The van der Waals surface area contributed by atoms with E-state index >= 15 is 0 Å². The summed E-state index contributed by atoms with van der Waals surface area (Å²) < 4.78 is 41.6. The van der Waals surface area contributed by atoms with Gasteiger partial charge in [-0.3, -0.25) is 4.90 Å². The predicted octanol–water partition coefficient (Wildman–Crippen LogP) is 5.00. The van der Waals surface area contributed by atoms with Gasteiger partial charge in [0.05, 0.1) is 11.1 Å². The number of hydrogen-bond donors (Lipinski definition) is 2. The lowest BCUT2D eigenvalue weighted by atomic mass is 9.95. The molecule has 0 saturated carbocycles. The van der Waals surface area contributed by atoms with Crippen LogP contribution in [0.3, 0.4) is 0 Å². The highest BCUT2D eigenvalue weighted by atomic mass is 32.1. The van der Waals surface area contributed by atoms with Gasteiger partial charge in [0.2, 0.25) is 0 Å². The van der Waals surface area contributed by atoms with Crippen molar-refractivity contribution in [1.29, 1.82) is 0 Å². The molecular weight excluding hydrogens is 586 g/mol. The van der Waals surface area contributed by atoms with Crippen molar-refractivity contribution in [3.05, 3.63) is 35.6 Å². The van der Waals surface area contributed by atoms with Crippen LogP contribution in [0.2, 0.25) is 0 Å². The van der Waals surface area contributed by atoms with Crippen LogP contribution < -0.4 is 19.7 Å². The Balaban J connectivity index is 1.18. The second-order valence-electron chi connectivity index (χ2n) is 12.5. The number of nitrogens with zero attached hydrogens (tertiary/aromatic N) is 5. The summed E-state index contributed by atoms with van der Waals surface area (Å²) in [6, 6.07) is 6.31. The highest BCUT2D eigenvalue weighted by Gasteiger charge is 2.49. The first kappa shape index (κ1) is 27.7. The normalized spacial score (nSPS) is 26.7. The van der Waals surface area contributed by atoms with Crippen molar-refractivity contribution in [2.75, 3.05) is 44.2 Å². The van der Waals surface area contributed by atoms with Gasteiger partial charge in [-0.1, -0.05) is 23.3 Å². The van der Waals surface area contributed by atoms with Crippen LogP contribution in [0.4, 0.5) is 14.6 Å². The highest BCUT2D eigenvalue weighted by molar-refractivity contribution is 7.19. The Morgan fingerprint density at radius 3 is 2.93 bits per heavy atom. The van der Waals surface area contributed by atoms with Gasteiger partial charge in [-0.25, -0.2) is 8.78 Å². The molecule has 5 aliphatic rings. The van der Waals surface area contributed by atoms with Crippen molar-refractivity contribution >= 4 is 38.3 Å². The summed E-state index contributed by atoms with van der Waals surface area (Å²) >= 11 is 1.21. The standard InChI is InChI=1S/C32H32F2N6O3S/c1-2-23-24(34)7-5-19-10-22(41)11-25(26(19)23)43-31-36-27-28(39-14-18-4-6-21(16-39)35-13-18)37-30(38-29(27)44-31)42-17-32-8-3-9-40(32)15-20(33)12-32/h1,5,7,10-11,18,20-21,35,41H,3-4,6,8-9,12-17H2/t18-,20-,21-,32+/m1/s1. The summed E-state index contributed by atoms with van der Waals surface area (Å²) in [5, 5.41) is 15.2. The molecule has 5 aliphatic heterocycles. The second-order valence-corrected chi connectivity index (χ2v) is 13.4. The lowest BCUT2D eigenvalue weighted by Crippen LogP contribution is -2.43. The zero-order chi connectivity index (χ0) is 30.0. The molecule has 0 aliphatic carbocycles. The molecule has 0 spiro atoms. The molecule has 0 radical (unpaired) electrons. The molecule has 2 aromatic carbocycles. The molecule has 0 amide bonds. The molecule has 44 heavy (non-hydrogen) atoms. The van der Waals surface area contributed by atoms with Crippen LogP contribution in [-0.2, 0) is 0 Å². The van der Waals surface area contributed by atoms with E-state index in [9.17, 15) is 13.9 Å². The third-order valence-corrected chi connectivity index (χ3v) is 10.5. The zero-order valence-electron chi connectivity index (χ0n) is 24.1.